The Kier molecular flexibility index (Phi) is 5.84. The minimum Gasteiger partial charge on any atom is -0.354 e. The van der Waals surface area contributed by atoms with E-state index in [1.807, 2.05) is 18.2 Å². The molecule has 2 rings (SSSR count). The number of hydrogen-bond acceptors (Lipinski definition) is 2. The topological polar surface area (TPSA) is 65.5 Å². The van der Waals surface area contributed by atoms with Crippen molar-refractivity contribution in [2.45, 2.75) is 31.7 Å². The van der Waals surface area contributed by atoms with E-state index in [1.54, 1.807) is 13.1 Å². The van der Waals surface area contributed by atoms with Crippen molar-refractivity contribution in [2.75, 3.05) is 18.9 Å². The number of carbonyl (C=O) groups excluding carboxylic acids is 1. The fourth-order valence-electron chi connectivity index (χ4n) is 2.51. The number of benzene rings is 1. The number of carbonyl (C=O) groups is 1. The molecule has 0 unspecified atom stereocenters. The van der Waals surface area contributed by atoms with E-state index in [0.717, 1.165) is 18.4 Å². The van der Waals surface area contributed by atoms with Crippen LogP contribution in [-0.4, -0.2) is 31.5 Å². The number of nitrogens with zero attached hydrogens (tertiary/aromatic N) is 1. The second-order valence-corrected chi connectivity index (χ2v) is 5.32. The number of aliphatic imine (C=N–C) groups is 1. The predicted octanol–water partition coefficient (Wildman–Crippen LogP) is 1.71. The van der Waals surface area contributed by atoms with Gasteiger partial charge in [-0.05, 0) is 31.0 Å². The van der Waals surface area contributed by atoms with Crippen molar-refractivity contribution in [3.05, 3.63) is 29.8 Å². The van der Waals surface area contributed by atoms with Gasteiger partial charge in [0, 0.05) is 24.3 Å². The molecule has 22 heavy (non-hydrogen) atoms. The summed E-state index contributed by atoms with van der Waals surface area (Å²) in [5.41, 5.74) is 1.44. The van der Waals surface area contributed by atoms with Gasteiger partial charge in [0.1, 0.15) is 0 Å². The fraction of sp³-hybridized carbons (Fsp3) is 0.412. The van der Waals surface area contributed by atoms with Crippen LogP contribution in [0.3, 0.4) is 0 Å². The van der Waals surface area contributed by atoms with Crippen LogP contribution in [0.2, 0.25) is 0 Å². The minimum absolute atomic E-state index is 0.136. The second-order valence-electron chi connectivity index (χ2n) is 5.32. The summed E-state index contributed by atoms with van der Waals surface area (Å²) in [6, 6.07) is 7.68. The van der Waals surface area contributed by atoms with Gasteiger partial charge in [0.15, 0.2) is 5.96 Å². The monoisotopic (exact) mass is 298 g/mol. The Bertz CT molecular complexity index is 583. The highest BCUT2D eigenvalue weighted by Crippen LogP contribution is 2.17. The normalized spacial score (nSPS) is 15.2. The van der Waals surface area contributed by atoms with Crippen LogP contribution in [-0.2, 0) is 4.79 Å². The van der Waals surface area contributed by atoms with Crippen LogP contribution in [0.5, 0.6) is 0 Å². The maximum atomic E-state index is 12.0. The molecular weight excluding hydrogens is 276 g/mol. The van der Waals surface area contributed by atoms with Gasteiger partial charge in [0.25, 0.3) is 0 Å². The lowest BCUT2D eigenvalue weighted by Crippen LogP contribution is -2.45. The van der Waals surface area contributed by atoms with Gasteiger partial charge in [0.2, 0.25) is 5.91 Å². The van der Waals surface area contributed by atoms with Crippen LogP contribution in [0.4, 0.5) is 5.69 Å². The number of terminal acetylenes is 1. The number of nitrogens with one attached hydrogen (secondary N) is 3. The quantitative estimate of drug-likeness (QED) is 0.450. The minimum atomic E-state index is -0.136. The summed E-state index contributed by atoms with van der Waals surface area (Å²) in [5.74, 6) is 3.07. The van der Waals surface area contributed by atoms with E-state index in [1.165, 1.54) is 12.8 Å². The van der Waals surface area contributed by atoms with E-state index < -0.39 is 0 Å². The number of anilines is 1. The van der Waals surface area contributed by atoms with E-state index >= 15 is 0 Å². The summed E-state index contributed by atoms with van der Waals surface area (Å²) < 4.78 is 0. The zero-order valence-corrected chi connectivity index (χ0v) is 12.9. The Labute approximate surface area is 131 Å². The first-order chi connectivity index (χ1) is 10.7. The van der Waals surface area contributed by atoms with E-state index in [4.69, 9.17) is 6.42 Å². The molecule has 0 heterocycles. The highest BCUT2D eigenvalue weighted by atomic mass is 16.1. The van der Waals surface area contributed by atoms with E-state index in [9.17, 15) is 4.79 Å². The summed E-state index contributed by atoms with van der Waals surface area (Å²) in [7, 11) is 1.71. The Balaban J connectivity index is 1.79. The Morgan fingerprint density at radius 3 is 2.86 bits per heavy atom. The van der Waals surface area contributed by atoms with Crippen LogP contribution < -0.4 is 16.0 Å². The molecule has 116 valence electrons. The van der Waals surface area contributed by atoms with Crippen molar-refractivity contribution in [2.24, 2.45) is 4.99 Å². The molecule has 0 bridgehead atoms. The number of guanidine groups is 1. The highest BCUT2D eigenvalue weighted by molar-refractivity contribution is 5.95. The van der Waals surface area contributed by atoms with Crippen LogP contribution in [0.1, 0.15) is 31.2 Å². The molecule has 1 aliphatic rings. The van der Waals surface area contributed by atoms with Gasteiger partial charge in [-0.2, -0.15) is 0 Å². The summed E-state index contributed by atoms with van der Waals surface area (Å²) >= 11 is 0. The average molecular weight is 298 g/mol. The smallest absolute Gasteiger partial charge is 0.243 e. The molecule has 1 saturated carbocycles. The molecule has 3 N–H and O–H groups in total. The van der Waals surface area contributed by atoms with Crippen molar-refractivity contribution in [3.8, 4) is 12.3 Å². The standard InChI is InChI=1S/C17H22N4O/c1-3-13-7-6-10-15(11-13)20-16(22)12-19-17(18-2)21-14-8-4-5-9-14/h1,6-7,10-11,14H,4-5,8-9,12H2,2H3,(H,20,22)(H2,18,19,21). The molecule has 0 aliphatic heterocycles. The molecule has 1 aromatic rings. The second kappa shape index (κ2) is 8.08. The first-order valence-electron chi connectivity index (χ1n) is 7.55. The fourth-order valence-corrected chi connectivity index (χ4v) is 2.51. The number of amides is 1. The van der Waals surface area contributed by atoms with Crippen molar-refractivity contribution < 1.29 is 4.79 Å². The molecule has 0 spiro atoms. The van der Waals surface area contributed by atoms with Gasteiger partial charge in [0.05, 0.1) is 6.54 Å². The van der Waals surface area contributed by atoms with Crippen LogP contribution in [0, 0.1) is 12.3 Å². The zero-order chi connectivity index (χ0) is 15.8. The number of rotatable bonds is 4. The van der Waals surface area contributed by atoms with Gasteiger partial charge >= 0.3 is 0 Å². The average Bonchev–Trinajstić information content (AvgIpc) is 3.04. The number of hydrogen-bond donors (Lipinski definition) is 3. The molecule has 1 aromatic carbocycles. The SMILES string of the molecule is C#Cc1cccc(NC(=O)CNC(=NC)NC2CCCC2)c1. The lowest BCUT2D eigenvalue weighted by molar-refractivity contribution is -0.115. The Hall–Kier alpha value is -2.48. The third-order valence-electron chi connectivity index (χ3n) is 3.65. The third-order valence-corrected chi connectivity index (χ3v) is 3.65. The highest BCUT2D eigenvalue weighted by Gasteiger charge is 2.16. The molecule has 5 heteroatoms. The molecule has 1 fully saturated rings. The summed E-state index contributed by atoms with van der Waals surface area (Å²) in [5, 5.41) is 9.18. The van der Waals surface area contributed by atoms with E-state index in [-0.39, 0.29) is 12.5 Å². The lowest BCUT2D eigenvalue weighted by Gasteiger charge is -2.16. The maximum Gasteiger partial charge on any atom is 0.243 e. The van der Waals surface area contributed by atoms with E-state index in [0.29, 0.717) is 17.7 Å². The molecule has 1 aliphatic carbocycles. The summed E-state index contributed by atoms with van der Waals surface area (Å²) in [4.78, 5) is 16.1. The van der Waals surface area contributed by atoms with Gasteiger partial charge in [-0.3, -0.25) is 9.79 Å². The van der Waals surface area contributed by atoms with Crippen molar-refractivity contribution in [1.29, 1.82) is 0 Å². The first-order valence-corrected chi connectivity index (χ1v) is 7.55. The van der Waals surface area contributed by atoms with Crippen LogP contribution in [0.15, 0.2) is 29.3 Å². The molecular formula is C17H22N4O. The molecule has 1 amide bonds. The van der Waals surface area contributed by atoms with Crippen molar-refractivity contribution in [3.63, 3.8) is 0 Å². The third kappa shape index (κ3) is 4.81. The van der Waals surface area contributed by atoms with E-state index in [2.05, 4.69) is 26.9 Å². The lowest BCUT2D eigenvalue weighted by atomic mass is 10.2. The molecule has 0 aromatic heterocycles. The van der Waals surface area contributed by atoms with Gasteiger partial charge in [-0.1, -0.05) is 24.8 Å². The predicted molar refractivity (Wildman–Crippen MR) is 89.8 cm³/mol. The summed E-state index contributed by atoms with van der Waals surface area (Å²) in [6.45, 7) is 0.159. The largest absolute Gasteiger partial charge is 0.354 e. The first kappa shape index (κ1) is 15.9. The summed E-state index contributed by atoms with van der Waals surface area (Å²) in [6.07, 6.45) is 10.2. The molecule has 5 nitrogen and oxygen atoms in total. The molecule has 0 radical (unpaired) electrons. The van der Waals surface area contributed by atoms with Crippen LogP contribution >= 0.6 is 0 Å². The Morgan fingerprint density at radius 1 is 1.41 bits per heavy atom. The van der Waals surface area contributed by atoms with Crippen LogP contribution in [0.25, 0.3) is 0 Å². The zero-order valence-electron chi connectivity index (χ0n) is 12.9. The van der Waals surface area contributed by atoms with Crippen molar-refractivity contribution in [1.82, 2.24) is 10.6 Å². The van der Waals surface area contributed by atoms with Gasteiger partial charge in [-0.15, -0.1) is 6.42 Å². The Morgan fingerprint density at radius 2 is 2.18 bits per heavy atom. The molecule has 0 atom stereocenters. The van der Waals surface area contributed by atoms with Gasteiger partial charge < -0.3 is 16.0 Å². The molecule has 0 saturated heterocycles. The maximum absolute atomic E-state index is 12.0. The van der Waals surface area contributed by atoms with Gasteiger partial charge in [-0.25, -0.2) is 0 Å². The van der Waals surface area contributed by atoms with Crippen molar-refractivity contribution >= 4 is 17.6 Å².